The zero-order chi connectivity index (χ0) is 27.6. The lowest BCUT2D eigenvalue weighted by Crippen LogP contribution is -2.35. The van der Waals surface area contributed by atoms with Gasteiger partial charge in [-0.05, 0) is 86.5 Å². The van der Waals surface area contributed by atoms with Crippen molar-refractivity contribution in [2.45, 2.75) is 89.1 Å². The number of nitrogens with one attached hydrogen (secondary N) is 1. The summed E-state index contributed by atoms with van der Waals surface area (Å²) < 4.78 is 40.4. The number of aliphatic hydroxyl groups is 1. The lowest BCUT2D eigenvalue weighted by Gasteiger charge is -2.33. The van der Waals surface area contributed by atoms with Crippen LogP contribution in [0.25, 0.3) is 0 Å². The van der Waals surface area contributed by atoms with Crippen molar-refractivity contribution in [1.29, 1.82) is 0 Å². The highest BCUT2D eigenvalue weighted by Crippen LogP contribution is 2.32. The van der Waals surface area contributed by atoms with Crippen LogP contribution in [0.4, 0.5) is 0 Å². The van der Waals surface area contributed by atoms with Crippen LogP contribution in [-0.4, -0.2) is 45.6 Å². The van der Waals surface area contributed by atoms with Crippen LogP contribution in [0.15, 0.2) is 41.3 Å². The van der Waals surface area contributed by atoms with Crippen LogP contribution >= 0.6 is 0 Å². The molecule has 9 heteroatoms. The van der Waals surface area contributed by atoms with Crippen molar-refractivity contribution in [2.75, 3.05) is 26.3 Å². The summed E-state index contributed by atoms with van der Waals surface area (Å²) >= 11 is 0. The number of rotatable bonds is 16. The van der Waals surface area contributed by atoms with Gasteiger partial charge in [0.15, 0.2) is 0 Å². The van der Waals surface area contributed by atoms with Crippen LogP contribution < -0.4 is 15.2 Å². The maximum atomic E-state index is 11.6. The molecule has 0 radical (unpaired) electrons. The molecule has 0 bridgehead atoms. The van der Waals surface area contributed by atoms with E-state index in [9.17, 15) is 13.5 Å². The second-order valence-electron chi connectivity index (χ2n) is 10.6. The average Bonchev–Trinajstić information content (AvgIpc) is 2.85. The Labute approximate surface area is 227 Å². The fourth-order valence-corrected chi connectivity index (χ4v) is 5.16. The van der Waals surface area contributed by atoms with Gasteiger partial charge in [0.1, 0.15) is 5.75 Å². The van der Waals surface area contributed by atoms with Gasteiger partial charge in [-0.3, -0.25) is 0 Å². The van der Waals surface area contributed by atoms with Crippen LogP contribution in [0, 0.1) is 6.92 Å². The normalized spacial score (nSPS) is 15.6. The fraction of sp³-hybridized carbons (Fsp3) is 0.586. The van der Waals surface area contributed by atoms with Crippen LogP contribution in [0.5, 0.6) is 5.75 Å². The predicted octanol–water partition coefficient (Wildman–Crippen LogP) is 4.51. The van der Waals surface area contributed by atoms with Crippen molar-refractivity contribution in [3.63, 3.8) is 0 Å². The van der Waals surface area contributed by atoms with Crippen molar-refractivity contribution in [1.82, 2.24) is 5.32 Å². The highest BCUT2D eigenvalue weighted by molar-refractivity contribution is 7.89. The molecule has 4 N–H and O–H groups in total. The van der Waals surface area contributed by atoms with Gasteiger partial charge in [-0.2, -0.15) is 0 Å². The summed E-state index contributed by atoms with van der Waals surface area (Å²) in [5, 5.41) is 19.1. The van der Waals surface area contributed by atoms with Gasteiger partial charge in [-0.15, -0.1) is 0 Å². The van der Waals surface area contributed by atoms with Gasteiger partial charge in [0, 0.05) is 39.2 Å². The summed E-state index contributed by atoms with van der Waals surface area (Å²) in [6, 6.07) is 11.1. The summed E-state index contributed by atoms with van der Waals surface area (Å²) in [4.78, 5) is 0.180. The number of aryl methyl sites for hydroxylation is 2. The molecule has 0 amide bonds. The standard InChI is InChI=1S/C29H44N2O6S/c1-22-16-23(18-26(17-22)38(30,33)34)10-6-9-15-35-14-8-5-4-7-13-31-20-27(32)24-11-12-28-25(19-24)21-36-29(2,3)37-28/h11-12,16-19,27,31-32H,4-10,13-15,20-21H2,1-3H3,(H2,30,33,34)/t27-/m0/s1. The van der Waals surface area contributed by atoms with E-state index >= 15 is 0 Å². The van der Waals surface area contributed by atoms with Gasteiger partial charge < -0.3 is 24.6 Å². The Morgan fingerprint density at radius 1 is 1.05 bits per heavy atom. The van der Waals surface area contributed by atoms with E-state index in [-0.39, 0.29) is 4.90 Å². The number of ether oxygens (including phenoxy) is 3. The van der Waals surface area contributed by atoms with Crippen LogP contribution in [0.1, 0.15) is 80.7 Å². The SMILES string of the molecule is Cc1cc(CCCCOCCCCCCNC[C@H](O)c2ccc3c(c2)COC(C)(C)O3)cc(S(N)(=O)=O)c1. The third-order valence-corrected chi connectivity index (χ3v) is 7.47. The van der Waals surface area contributed by atoms with Gasteiger partial charge in [0.2, 0.25) is 15.8 Å². The Morgan fingerprint density at radius 3 is 2.55 bits per heavy atom. The number of hydrogen-bond acceptors (Lipinski definition) is 7. The quantitative estimate of drug-likeness (QED) is 0.264. The Kier molecular flexibility index (Phi) is 11.6. The summed E-state index contributed by atoms with van der Waals surface area (Å²) in [6.07, 6.45) is 6.46. The molecule has 0 saturated heterocycles. The molecule has 38 heavy (non-hydrogen) atoms. The lowest BCUT2D eigenvalue weighted by atomic mass is 10.0. The molecule has 2 aromatic carbocycles. The topological polar surface area (TPSA) is 120 Å². The number of benzene rings is 2. The lowest BCUT2D eigenvalue weighted by molar-refractivity contribution is -0.180. The molecule has 0 fully saturated rings. The summed E-state index contributed by atoms with van der Waals surface area (Å²) in [5.74, 6) is 0.201. The maximum Gasteiger partial charge on any atom is 0.238 e. The molecule has 1 heterocycles. The Bertz CT molecular complexity index is 1140. The number of hydrogen-bond donors (Lipinski definition) is 3. The average molecular weight is 549 g/mol. The third kappa shape index (κ3) is 10.3. The smallest absolute Gasteiger partial charge is 0.238 e. The summed E-state index contributed by atoms with van der Waals surface area (Å²) in [6.45, 7) is 9.00. The molecule has 2 aromatic rings. The minimum absolute atomic E-state index is 0.180. The molecule has 8 nitrogen and oxygen atoms in total. The first-order valence-corrected chi connectivity index (χ1v) is 15.1. The van der Waals surface area contributed by atoms with E-state index in [0.29, 0.717) is 19.8 Å². The largest absolute Gasteiger partial charge is 0.463 e. The molecule has 212 valence electrons. The van der Waals surface area contributed by atoms with E-state index in [0.717, 1.165) is 86.1 Å². The predicted molar refractivity (Wildman–Crippen MR) is 149 cm³/mol. The van der Waals surface area contributed by atoms with E-state index in [1.165, 1.54) is 0 Å². The van der Waals surface area contributed by atoms with Crippen LogP contribution in [-0.2, 0) is 32.5 Å². The summed E-state index contributed by atoms with van der Waals surface area (Å²) in [7, 11) is -3.67. The Balaban J connectivity index is 1.17. The number of fused-ring (bicyclic) bond motifs is 1. The second kappa shape index (κ2) is 14.4. The Hall–Kier alpha value is -2.01. The molecule has 0 unspecified atom stereocenters. The van der Waals surface area contributed by atoms with Crippen molar-refractivity contribution < 1.29 is 27.7 Å². The monoisotopic (exact) mass is 548 g/mol. The molecule has 1 aliphatic heterocycles. The number of sulfonamides is 1. The highest BCUT2D eigenvalue weighted by atomic mass is 32.2. The molecule has 3 rings (SSSR count). The van der Waals surface area contributed by atoms with E-state index < -0.39 is 21.9 Å². The van der Waals surface area contributed by atoms with Gasteiger partial charge in [-0.25, -0.2) is 13.6 Å². The maximum absolute atomic E-state index is 11.6. The van der Waals surface area contributed by atoms with Gasteiger partial charge >= 0.3 is 0 Å². The first kappa shape index (κ1) is 30.5. The number of aliphatic hydroxyl groups excluding tert-OH is 1. The van der Waals surface area contributed by atoms with E-state index in [4.69, 9.17) is 19.3 Å². The zero-order valence-electron chi connectivity index (χ0n) is 23.0. The number of unbranched alkanes of at least 4 members (excludes halogenated alkanes) is 4. The number of nitrogens with two attached hydrogens (primary N) is 1. The molecule has 0 aliphatic carbocycles. The van der Waals surface area contributed by atoms with Crippen molar-refractivity contribution in [3.8, 4) is 5.75 Å². The zero-order valence-corrected chi connectivity index (χ0v) is 23.8. The minimum Gasteiger partial charge on any atom is -0.463 e. The van der Waals surface area contributed by atoms with Gasteiger partial charge in [0.05, 0.1) is 17.6 Å². The highest BCUT2D eigenvalue weighted by Gasteiger charge is 2.27. The first-order chi connectivity index (χ1) is 18.0. The first-order valence-electron chi connectivity index (χ1n) is 13.6. The summed E-state index contributed by atoms with van der Waals surface area (Å²) in [5.41, 5.74) is 3.73. The molecular weight excluding hydrogens is 504 g/mol. The molecule has 1 aliphatic rings. The van der Waals surface area contributed by atoms with Crippen molar-refractivity contribution in [2.24, 2.45) is 5.14 Å². The van der Waals surface area contributed by atoms with E-state index in [2.05, 4.69) is 5.32 Å². The van der Waals surface area contributed by atoms with Crippen molar-refractivity contribution >= 4 is 10.0 Å². The van der Waals surface area contributed by atoms with Gasteiger partial charge in [0.25, 0.3) is 0 Å². The van der Waals surface area contributed by atoms with Crippen LogP contribution in [0.2, 0.25) is 0 Å². The number of primary sulfonamides is 1. The van der Waals surface area contributed by atoms with E-state index in [1.807, 2.05) is 45.0 Å². The molecule has 0 aromatic heterocycles. The minimum atomic E-state index is -3.67. The van der Waals surface area contributed by atoms with Crippen molar-refractivity contribution in [3.05, 3.63) is 58.7 Å². The molecule has 1 atom stereocenters. The van der Waals surface area contributed by atoms with Crippen LogP contribution in [0.3, 0.4) is 0 Å². The second-order valence-corrected chi connectivity index (χ2v) is 12.1. The Morgan fingerprint density at radius 2 is 1.79 bits per heavy atom. The molecule has 0 saturated carbocycles. The van der Waals surface area contributed by atoms with Gasteiger partial charge in [-0.1, -0.05) is 25.0 Å². The molecule has 0 spiro atoms. The van der Waals surface area contributed by atoms with E-state index in [1.54, 1.807) is 12.1 Å². The fourth-order valence-electron chi connectivity index (χ4n) is 4.50. The third-order valence-electron chi connectivity index (χ3n) is 6.57. The molecular formula is C29H44N2O6S.